The molecule has 0 unspecified atom stereocenters. The third-order valence-electron chi connectivity index (χ3n) is 7.14. The molecule has 3 heterocycles. The van der Waals surface area contributed by atoms with E-state index in [0.29, 0.717) is 29.1 Å². The molecular formula is C29H32N6O3S. The summed E-state index contributed by atoms with van der Waals surface area (Å²) in [5, 5.41) is 8.48. The number of nitrogens with one attached hydrogen (secondary N) is 3. The highest BCUT2D eigenvalue weighted by atomic mass is 32.2. The third kappa shape index (κ3) is 5.97. The molecule has 3 N–H and O–H groups in total. The molecule has 2 aliphatic rings. The van der Waals surface area contributed by atoms with Crippen molar-refractivity contribution in [3.8, 4) is 22.9 Å². The van der Waals surface area contributed by atoms with Gasteiger partial charge in [-0.1, -0.05) is 24.3 Å². The summed E-state index contributed by atoms with van der Waals surface area (Å²) in [6.07, 6.45) is 9.18. The molecule has 0 spiro atoms. The Morgan fingerprint density at radius 1 is 1.00 bits per heavy atom. The highest BCUT2D eigenvalue weighted by molar-refractivity contribution is 7.92. The molecule has 0 radical (unpaired) electrons. The summed E-state index contributed by atoms with van der Waals surface area (Å²) in [7, 11) is -3.44. The molecule has 9 nitrogen and oxygen atoms in total. The molecule has 1 saturated heterocycles. The number of ether oxygens (including phenoxy) is 1. The molecule has 0 amide bonds. The van der Waals surface area contributed by atoms with E-state index in [-0.39, 0.29) is 11.7 Å². The van der Waals surface area contributed by atoms with Crippen LogP contribution in [0.15, 0.2) is 61.1 Å². The van der Waals surface area contributed by atoms with E-state index in [0.717, 1.165) is 66.5 Å². The predicted octanol–water partition coefficient (Wildman–Crippen LogP) is 5.11. The minimum absolute atomic E-state index is 0.154. The van der Waals surface area contributed by atoms with Crippen molar-refractivity contribution in [2.45, 2.75) is 38.6 Å². The van der Waals surface area contributed by atoms with Crippen LogP contribution in [0.5, 0.6) is 11.6 Å². The number of pyridine rings is 1. The smallest absolute Gasteiger partial charge is 0.246 e. The number of hydrogen-bond acceptors (Lipinski definition) is 8. The van der Waals surface area contributed by atoms with Gasteiger partial charge >= 0.3 is 0 Å². The molecule has 1 aliphatic carbocycles. The minimum atomic E-state index is -3.44. The van der Waals surface area contributed by atoms with Crippen LogP contribution >= 0.6 is 0 Å². The number of nitrogens with zero attached hydrogens (tertiary/aromatic N) is 3. The molecule has 2 fully saturated rings. The molecule has 1 saturated carbocycles. The van der Waals surface area contributed by atoms with Crippen LogP contribution in [0.25, 0.3) is 22.0 Å². The summed E-state index contributed by atoms with van der Waals surface area (Å²) in [5.74, 6) is 2.17. The maximum atomic E-state index is 12.8. The average Bonchev–Trinajstić information content (AvgIpc) is 3.75. The third-order valence-corrected chi connectivity index (χ3v) is 8.59. The van der Waals surface area contributed by atoms with Gasteiger partial charge in [0.05, 0.1) is 11.4 Å². The Balaban J connectivity index is 1.32. The highest BCUT2D eigenvalue weighted by Gasteiger charge is 2.28. The van der Waals surface area contributed by atoms with Crippen LogP contribution in [0.3, 0.4) is 0 Å². The maximum absolute atomic E-state index is 12.8. The number of rotatable bonds is 9. The predicted molar refractivity (Wildman–Crippen MR) is 154 cm³/mol. The Labute approximate surface area is 228 Å². The first-order chi connectivity index (χ1) is 18.9. The van der Waals surface area contributed by atoms with Gasteiger partial charge in [-0.15, -0.1) is 0 Å². The maximum Gasteiger partial charge on any atom is 0.246 e. The number of aryl methyl sites for hydroxylation is 1. The zero-order valence-corrected chi connectivity index (χ0v) is 22.7. The molecule has 0 bridgehead atoms. The van der Waals surface area contributed by atoms with Crippen LogP contribution in [-0.4, -0.2) is 48.3 Å². The fraction of sp³-hybridized carbons (Fsp3) is 0.345. The number of anilines is 2. The first kappa shape index (κ1) is 25.5. The summed E-state index contributed by atoms with van der Waals surface area (Å²) < 4.78 is 34.8. The Bertz CT molecular complexity index is 1600. The zero-order valence-electron chi connectivity index (χ0n) is 21.9. The summed E-state index contributed by atoms with van der Waals surface area (Å²) in [5.41, 5.74) is 2.78. The van der Waals surface area contributed by atoms with E-state index in [1.54, 1.807) is 18.6 Å². The second-order valence-electron chi connectivity index (χ2n) is 10.4. The molecule has 10 heteroatoms. The average molecular weight is 545 g/mol. The molecule has 2 aromatic heterocycles. The highest BCUT2D eigenvalue weighted by Crippen LogP contribution is 2.40. The van der Waals surface area contributed by atoms with E-state index in [2.05, 4.69) is 30.3 Å². The van der Waals surface area contributed by atoms with Gasteiger partial charge in [-0.05, 0) is 68.8 Å². The van der Waals surface area contributed by atoms with E-state index in [1.807, 2.05) is 49.4 Å². The van der Waals surface area contributed by atoms with Crippen molar-refractivity contribution in [3.63, 3.8) is 0 Å². The first-order valence-corrected chi connectivity index (χ1v) is 15.1. The van der Waals surface area contributed by atoms with Gasteiger partial charge in [0.25, 0.3) is 0 Å². The molecule has 2 aromatic carbocycles. The normalized spacial score (nSPS) is 17.6. The van der Waals surface area contributed by atoms with Crippen molar-refractivity contribution in [1.82, 2.24) is 20.3 Å². The fourth-order valence-corrected chi connectivity index (χ4v) is 6.59. The number of fused-ring (bicyclic) bond motifs is 1. The summed E-state index contributed by atoms with van der Waals surface area (Å²) in [6, 6.07) is 13.6. The minimum Gasteiger partial charge on any atom is -0.436 e. The molecule has 4 aromatic rings. The topological polar surface area (TPSA) is 118 Å². The van der Waals surface area contributed by atoms with Crippen LogP contribution in [0.4, 0.5) is 11.5 Å². The molecule has 6 rings (SSSR count). The lowest BCUT2D eigenvalue weighted by molar-refractivity contribution is 0.464. The van der Waals surface area contributed by atoms with Crippen molar-refractivity contribution in [2.75, 3.05) is 28.9 Å². The van der Waals surface area contributed by atoms with Gasteiger partial charge in [0, 0.05) is 47.5 Å². The standard InChI is InChI=1S/C29H32N6O3S/c1-19-15-25(35-39(36,37)18-20-8-9-20)23-6-2-3-7-24(23)28(19)38-29-27(32-13-14-33-29)21-10-12-31-26(16-21)34-22-5-4-11-30-17-22/h2-3,6-7,10,12-16,20,22,30,35H,4-5,8-9,11,17-18H2,1H3,(H,31,34)/t22-/m0/s1. The fourth-order valence-electron chi connectivity index (χ4n) is 5.05. The number of aromatic nitrogens is 3. The van der Waals surface area contributed by atoms with Crippen molar-refractivity contribution < 1.29 is 13.2 Å². The van der Waals surface area contributed by atoms with Gasteiger partial charge in [0.15, 0.2) is 0 Å². The SMILES string of the molecule is Cc1cc(NS(=O)(=O)CC2CC2)c2ccccc2c1Oc1nccnc1-c1ccnc(N[C@H]2CCCNC2)c1. The van der Waals surface area contributed by atoms with Crippen molar-refractivity contribution in [1.29, 1.82) is 0 Å². The summed E-state index contributed by atoms with van der Waals surface area (Å²) >= 11 is 0. The quantitative estimate of drug-likeness (QED) is 0.266. The van der Waals surface area contributed by atoms with Crippen LogP contribution in [0.2, 0.25) is 0 Å². The van der Waals surface area contributed by atoms with Crippen LogP contribution in [0.1, 0.15) is 31.2 Å². The largest absolute Gasteiger partial charge is 0.436 e. The van der Waals surface area contributed by atoms with Crippen molar-refractivity contribution in [2.24, 2.45) is 5.92 Å². The van der Waals surface area contributed by atoms with E-state index in [4.69, 9.17) is 4.74 Å². The Morgan fingerprint density at radius 2 is 1.82 bits per heavy atom. The van der Waals surface area contributed by atoms with Crippen LogP contribution < -0.4 is 20.1 Å². The molecule has 1 atom stereocenters. The van der Waals surface area contributed by atoms with E-state index >= 15 is 0 Å². The lowest BCUT2D eigenvalue weighted by Crippen LogP contribution is -2.38. The zero-order chi connectivity index (χ0) is 26.8. The second-order valence-corrected chi connectivity index (χ2v) is 12.1. The monoisotopic (exact) mass is 544 g/mol. The van der Waals surface area contributed by atoms with Crippen molar-refractivity contribution in [3.05, 3.63) is 66.6 Å². The Hall–Kier alpha value is -3.76. The number of hydrogen-bond donors (Lipinski definition) is 3. The number of benzene rings is 2. The Morgan fingerprint density at radius 3 is 2.62 bits per heavy atom. The Kier molecular flexibility index (Phi) is 7.05. The van der Waals surface area contributed by atoms with E-state index in [1.165, 1.54) is 0 Å². The molecular weight excluding hydrogens is 512 g/mol. The molecule has 202 valence electrons. The lowest BCUT2D eigenvalue weighted by atomic mass is 10.0. The van der Waals surface area contributed by atoms with Crippen LogP contribution in [-0.2, 0) is 10.0 Å². The summed E-state index contributed by atoms with van der Waals surface area (Å²) in [6.45, 7) is 3.86. The molecule has 39 heavy (non-hydrogen) atoms. The molecule has 1 aliphatic heterocycles. The van der Waals surface area contributed by atoms with E-state index in [9.17, 15) is 8.42 Å². The second kappa shape index (κ2) is 10.8. The first-order valence-electron chi connectivity index (χ1n) is 13.4. The van der Waals surface area contributed by atoms with Gasteiger partial charge < -0.3 is 15.4 Å². The van der Waals surface area contributed by atoms with Gasteiger partial charge in [0.1, 0.15) is 17.3 Å². The van der Waals surface area contributed by atoms with Gasteiger partial charge in [-0.25, -0.2) is 23.4 Å². The number of piperidine rings is 1. The number of sulfonamides is 1. The summed E-state index contributed by atoms with van der Waals surface area (Å²) in [4.78, 5) is 13.6. The van der Waals surface area contributed by atoms with Gasteiger partial charge in [-0.2, -0.15) is 0 Å². The van der Waals surface area contributed by atoms with Gasteiger partial charge in [-0.3, -0.25) is 4.72 Å². The lowest BCUT2D eigenvalue weighted by Gasteiger charge is -2.24. The van der Waals surface area contributed by atoms with Crippen LogP contribution in [0, 0.1) is 12.8 Å². The van der Waals surface area contributed by atoms with Gasteiger partial charge in [0.2, 0.25) is 15.9 Å². The van der Waals surface area contributed by atoms with Crippen molar-refractivity contribution >= 4 is 32.3 Å². The van der Waals surface area contributed by atoms with E-state index < -0.39 is 10.0 Å².